The topological polar surface area (TPSA) is 71.0 Å². The third-order valence-corrected chi connectivity index (χ3v) is 5.05. The van der Waals surface area contributed by atoms with Crippen LogP contribution in [0.15, 0.2) is 67.0 Å². The molecule has 1 aliphatic rings. The molecular weight excluding hydrogens is 350 g/mol. The Balaban J connectivity index is 1.37. The van der Waals surface area contributed by atoms with Gasteiger partial charge in [-0.15, -0.1) is 10.2 Å². The SMILES string of the molecule is O=C(NCc1ccncc1)C1CCCN(c2ccc(-c3ccccc3)nn2)C1. The zero-order valence-corrected chi connectivity index (χ0v) is 15.7. The first kappa shape index (κ1) is 18.1. The van der Waals surface area contributed by atoms with Crippen molar-refractivity contribution in [1.82, 2.24) is 20.5 Å². The molecule has 3 aromatic rings. The maximum Gasteiger partial charge on any atom is 0.225 e. The van der Waals surface area contributed by atoms with E-state index >= 15 is 0 Å². The number of hydrogen-bond donors (Lipinski definition) is 1. The minimum Gasteiger partial charge on any atom is -0.354 e. The number of pyridine rings is 1. The van der Waals surface area contributed by atoms with Gasteiger partial charge in [0.2, 0.25) is 5.91 Å². The van der Waals surface area contributed by atoms with Crippen LogP contribution >= 0.6 is 0 Å². The van der Waals surface area contributed by atoms with Crippen molar-refractivity contribution in [2.24, 2.45) is 5.92 Å². The number of aromatic nitrogens is 3. The molecule has 0 radical (unpaired) electrons. The third-order valence-electron chi connectivity index (χ3n) is 5.05. The van der Waals surface area contributed by atoms with Crippen LogP contribution in [0.3, 0.4) is 0 Å². The van der Waals surface area contributed by atoms with E-state index in [1.165, 1.54) is 0 Å². The summed E-state index contributed by atoms with van der Waals surface area (Å²) in [7, 11) is 0. The summed E-state index contributed by atoms with van der Waals surface area (Å²) >= 11 is 0. The summed E-state index contributed by atoms with van der Waals surface area (Å²) in [5.41, 5.74) is 2.96. The fourth-order valence-corrected chi connectivity index (χ4v) is 3.49. The zero-order chi connectivity index (χ0) is 19.2. The van der Waals surface area contributed by atoms with Crippen LogP contribution in [0.5, 0.6) is 0 Å². The van der Waals surface area contributed by atoms with Crippen molar-refractivity contribution in [3.63, 3.8) is 0 Å². The van der Waals surface area contributed by atoms with Crippen molar-refractivity contribution in [3.8, 4) is 11.3 Å². The molecule has 6 nitrogen and oxygen atoms in total. The van der Waals surface area contributed by atoms with Crippen LogP contribution in [0.25, 0.3) is 11.3 Å². The smallest absolute Gasteiger partial charge is 0.225 e. The summed E-state index contributed by atoms with van der Waals surface area (Å²) in [4.78, 5) is 18.8. The Bertz CT molecular complexity index is 899. The average Bonchev–Trinajstić information content (AvgIpc) is 2.79. The van der Waals surface area contributed by atoms with E-state index in [9.17, 15) is 4.79 Å². The number of hydrogen-bond acceptors (Lipinski definition) is 5. The Kier molecular flexibility index (Phi) is 5.56. The molecule has 142 valence electrons. The van der Waals surface area contributed by atoms with Gasteiger partial charge >= 0.3 is 0 Å². The predicted octanol–water partition coefficient (Wildman–Crippen LogP) is 3.07. The highest BCUT2D eigenvalue weighted by Crippen LogP contribution is 2.23. The van der Waals surface area contributed by atoms with Gasteiger partial charge in [0.1, 0.15) is 0 Å². The lowest BCUT2D eigenvalue weighted by Crippen LogP contribution is -2.43. The van der Waals surface area contributed by atoms with Gasteiger partial charge in [0.05, 0.1) is 11.6 Å². The van der Waals surface area contributed by atoms with Gasteiger partial charge < -0.3 is 10.2 Å². The van der Waals surface area contributed by atoms with E-state index in [1.54, 1.807) is 12.4 Å². The number of carbonyl (C=O) groups excluding carboxylic acids is 1. The Hall–Kier alpha value is -3.28. The van der Waals surface area contributed by atoms with Crippen molar-refractivity contribution >= 4 is 11.7 Å². The Morgan fingerprint density at radius 2 is 1.86 bits per heavy atom. The molecule has 4 rings (SSSR count). The molecule has 0 bridgehead atoms. The molecule has 1 amide bonds. The summed E-state index contributed by atoms with van der Waals surface area (Å²) in [5.74, 6) is 0.882. The molecule has 1 N–H and O–H groups in total. The van der Waals surface area contributed by atoms with Crippen LogP contribution in [-0.2, 0) is 11.3 Å². The molecule has 1 aromatic carbocycles. The van der Waals surface area contributed by atoms with Gasteiger partial charge in [-0.2, -0.15) is 0 Å². The Morgan fingerprint density at radius 1 is 1.04 bits per heavy atom. The van der Waals surface area contributed by atoms with E-state index in [1.807, 2.05) is 54.6 Å². The fourth-order valence-electron chi connectivity index (χ4n) is 3.49. The molecule has 3 heterocycles. The zero-order valence-electron chi connectivity index (χ0n) is 15.7. The fraction of sp³-hybridized carbons (Fsp3) is 0.273. The second kappa shape index (κ2) is 8.61. The quantitative estimate of drug-likeness (QED) is 0.744. The van der Waals surface area contributed by atoms with Crippen LogP contribution in [0.4, 0.5) is 5.82 Å². The first-order valence-electron chi connectivity index (χ1n) is 9.60. The van der Waals surface area contributed by atoms with E-state index in [2.05, 4.69) is 25.4 Å². The molecule has 0 spiro atoms. The number of amides is 1. The summed E-state index contributed by atoms with van der Waals surface area (Å²) < 4.78 is 0. The van der Waals surface area contributed by atoms with Gasteiger partial charge in [-0.05, 0) is 42.7 Å². The van der Waals surface area contributed by atoms with Crippen molar-refractivity contribution < 1.29 is 4.79 Å². The highest BCUT2D eigenvalue weighted by Gasteiger charge is 2.26. The summed E-state index contributed by atoms with van der Waals surface area (Å²) in [6.07, 6.45) is 5.34. The van der Waals surface area contributed by atoms with Crippen LogP contribution in [0.2, 0.25) is 0 Å². The summed E-state index contributed by atoms with van der Waals surface area (Å²) in [6, 6.07) is 17.8. The van der Waals surface area contributed by atoms with Gasteiger partial charge in [0, 0.05) is 37.6 Å². The number of benzene rings is 1. The summed E-state index contributed by atoms with van der Waals surface area (Å²) in [5, 5.41) is 11.8. The molecule has 0 saturated carbocycles. The highest BCUT2D eigenvalue weighted by atomic mass is 16.1. The first-order valence-corrected chi connectivity index (χ1v) is 9.60. The molecule has 2 aromatic heterocycles. The molecule has 1 saturated heterocycles. The van der Waals surface area contributed by atoms with Crippen molar-refractivity contribution in [2.45, 2.75) is 19.4 Å². The summed E-state index contributed by atoms with van der Waals surface area (Å²) in [6.45, 7) is 2.10. The lowest BCUT2D eigenvalue weighted by molar-refractivity contribution is -0.125. The number of rotatable bonds is 5. The van der Waals surface area contributed by atoms with Crippen LogP contribution in [0.1, 0.15) is 18.4 Å². The van der Waals surface area contributed by atoms with E-state index < -0.39 is 0 Å². The first-order chi connectivity index (χ1) is 13.8. The largest absolute Gasteiger partial charge is 0.354 e. The maximum atomic E-state index is 12.6. The number of anilines is 1. The molecule has 1 atom stereocenters. The van der Waals surface area contributed by atoms with Crippen LogP contribution < -0.4 is 10.2 Å². The molecule has 28 heavy (non-hydrogen) atoms. The van der Waals surface area contributed by atoms with E-state index in [0.717, 1.165) is 42.0 Å². The van der Waals surface area contributed by atoms with Crippen molar-refractivity contribution in [1.29, 1.82) is 0 Å². The number of nitrogens with zero attached hydrogens (tertiary/aromatic N) is 4. The lowest BCUT2D eigenvalue weighted by atomic mass is 9.97. The number of piperidine rings is 1. The predicted molar refractivity (Wildman–Crippen MR) is 108 cm³/mol. The molecule has 0 aliphatic carbocycles. The molecule has 1 unspecified atom stereocenters. The minimum atomic E-state index is -0.0359. The van der Waals surface area contributed by atoms with Gasteiger partial charge in [-0.1, -0.05) is 30.3 Å². The van der Waals surface area contributed by atoms with E-state index in [0.29, 0.717) is 13.1 Å². The van der Waals surface area contributed by atoms with Crippen LogP contribution in [-0.4, -0.2) is 34.2 Å². The van der Waals surface area contributed by atoms with Gasteiger partial charge in [0.25, 0.3) is 0 Å². The second-order valence-corrected chi connectivity index (χ2v) is 7.00. The Labute approximate surface area is 164 Å². The number of carbonyl (C=O) groups is 1. The molecular formula is C22H23N5O. The second-order valence-electron chi connectivity index (χ2n) is 7.00. The van der Waals surface area contributed by atoms with Gasteiger partial charge in [0.15, 0.2) is 5.82 Å². The van der Waals surface area contributed by atoms with Crippen LogP contribution in [0, 0.1) is 5.92 Å². The van der Waals surface area contributed by atoms with Crippen molar-refractivity contribution in [2.75, 3.05) is 18.0 Å². The van der Waals surface area contributed by atoms with E-state index in [4.69, 9.17) is 0 Å². The monoisotopic (exact) mass is 373 g/mol. The minimum absolute atomic E-state index is 0.0359. The maximum absolute atomic E-state index is 12.6. The molecule has 6 heteroatoms. The van der Waals surface area contributed by atoms with Gasteiger partial charge in [-0.25, -0.2) is 0 Å². The Morgan fingerprint density at radius 3 is 2.61 bits per heavy atom. The lowest BCUT2D eigenvalue weighted by Gasteiger charge is -2.32. The average molecular weight is 373 g/mol. The molecule has 1 aliphatic heterocycles. The third kappa shape index (κ3) is 4.34. The normalized spacial score (nSPS) is 16.6. The molecule has 1 fully saturated rings. The van der Waals surface area contributed by atoms with Gasteiger partial charge in [-0.3, -0.25) is 9.78 Å². The standard InChI is InChI=1S/C22H23N5O/c28-22(24-15-17-10-12-23-13-11-17)19-7-4-14-27(16-19)21-9-8-20(25-26-21)18-5-2-1-3-6-18/h1-3,5-6,8-13,19H,4,7,14-16H2,(H,24,28). The number of nitrogens with one attached hydrogen (secondary N) is 1. The van der Waals surface area contributed by atoms with E-state index in [-0.39, 0.29) is 11.8 Å². The highest BCUT2D eigenvalue weighted by molar-refractivity contribution is 5.79. The van der Waals surface area contributed by atoms with Crippen molar-refractivity contribution in [3.05, 3.63) is 72.6 Å².